The molecule has 1 nitrogen and oxygen atoms in total. The van der Waals surface area contributed by atoms with Crippen LogP contribution in [-0.2, 0) is 5.41 Å². The average molecular weight is 622 g/mol. The van der Waals surface area contributed by atoms with Crippen molar-refractivity contribution < 1.29 is 0 Å². The van der Waals surface area contributed by atoms with E-state index in [1.54, 1.807) is 0 Å². The van der Waals surface area contributed by atoms with Gasteiger partial charge in [0.05, 0.1) is 5.41 Å². The summed E-state index contributed by atoms with van der Waals surface area (Å²) in [6.45, 7) is 0. The van der Waals surface area contributed by atoms with Crippen molar-refractivity contribution in [1.29, 1.82) is 0 Å². The molecule has 218 valence electrons. The van der Waals surface area contributed by atoms with Crippen LogP contribution in [-0.4, -0.2) is 8.80 Å². The molecular weight excluding hydrogens is 591 g/mol. The molecule has 1 atom stereocenters. The van der Waals surface area contributed by atoms with Crippen molar-refractivity contribution in [2.45, 2.75) is 15.2 Å². The van der Waals surface area contributed by atoms with Crippen LogP contribution in [0.25, 0.3) is 0 Å². The largest absolute Gasteiger partial charge is 0.310 e. The molecule has 2 aliphatic heterocycles. The summed E-state index contributed by atoms with van der Waals surface area (Å²) in [6, 6.07) is 67.7. The van der Waals surface area contributed by atoms with E-state index in [0.29, 0.717) is 0 Å². The average Bonchev–Trinajstić information content (AvgIpc) is 3.13. The summed E-state index contributed by atoms with van der Waals surface area (Å²) in [5.41, 5.74) is 8.59. The van der Waals surface area contributed by atoms with Gasteiger partial charge in [0.15, 0.2) is 0 Å². The molecule has 0 fully saturated rings. The number of hydrogen-bond donors (Lipinski definition) is 0. The van der Waals surface area contributed by atoms with Crippen LogP contribution in [0.2, 0.25) is 0 Å². The molecule has 2 heterocycles. The molecule has 0 radical (unpaired) electrons. The molecule has 9 rings (SSSR count). The van der Waals surface area contributed by atoms with Gasteiger partial charge in [-0.25, -0.2) is 0 Å². The third kappa shape index (κ3) is 4.09. The SMILES string of the molecule is c1ccc(N(c2ccccc2)c2ccc3c(c2)C2(c4ccccc4Sc4ccccc42)c2ccccc2[SiH]3c2ccccc2)cc1. The van der Waals surface area contributed by atoms with Gasteiger partial charge in [-0.05, 0) is 81.2 Å². The second-order valence-electron chi connectivity index (χ2n) is 12.1. The van der Waals surface area contributed by atoms with Crippen molar-refractivity contribution >= 4 is 53.2 Å². The lowest BCUT2D eigenvalue weighted by molar-refractivity contribution is 0.708. The molecule has 3 heteroatoms. The van der Waals surface area contributed by atoms with Crippen LogP contribution in [0.15, 0.2) is 192 Å². The van der Waals surface area contributed by atoms with E-state index < -0.39 is 14.2 Å². The van der Waals surface area contributed by atoms with E-state index in [1.165, 1.54) is 53.3 Å². The molecule has 0 saturated heterocycles. The van der Waals surface area contributed by atoms with Crippen molar-refractivity contribution in [2.24, 2.45) is 0 Å². The van der Waals surface area contributed by atoms with Gasteiger partial charge in [0.25, 0.3) is 0 Å². The monoisotopic (exact) mass is 621 g/mol. The summed E-state index contributed by atoms with van der Waals surface area (Å²) in [5, 5.41) is 4.45. The number of anilines is 3. The van der Waals surface area contributed by atoms with Crippen molar-refractivity contribution in [3.63, 3.8) is 0 Å². The van der Waals surface area contributed by atoms with E-state index in [2.05, 4.69) is 187 Å². The number of rotatable bonds is 4. The second kappa shape index (κ2) is 11.1. The maximum absolute atomic E-state index is 2.53. The molecule has 0 N–H and O–H groups in total. The molecule has 1 unspecified atom stereocenters. The Kier molecular flexibility index (Phi) is 6.55. The highest BCUT2D eigenvalue weighted by Gasteiger charge is 2.50. The Hall–Kier alpha value is -5.09. The molecule has 0 aromatic heterocycles. The molecule has 46 heavy (non-hydrogen) atoms. The highest BCUT2D eigenvalue weighted by molar-refractivity contribution is 7.99. The van der Waals surface area contributed by atoms with Crippen LogP contribution in [0.1, 0.15) is 22.3 Å². The van der Waals surface area contributed by atoms with Gasteiger partial charge < -0.3 is 4.90 Å². The lowest BCUT2D eigenvalue weighted by Gasteiger charge is -2.48. The first-order valence-electron chi connectivity index (χ1n) is 15.9. The molecule has 7 aromatic carbocycles. The lowest BCUT2D eigenvalue weighted by Crippen LogP contribution is -2.62. The first-order chi connectivity index (χ1) is 22.8. The summed E-state index contributed by atoms with van der Waals surface area (Å²) < 4.78 is 0. The van der Waals surface area contributed by atoms with Gasteiger partial charge in [-0.1, -0.05) is 150 Å². The highest BCUT2D eigenvalue weighted by Crippen LogP contribution is 2.56. The van der Waals surface area contributed by atoms with Crippen LogP contribution in [0, 0.1) is 0 Å². The number of nitrogens with zero attached hydrogens (tertiary/aromatic N) is 1. The zero-order chi connectivity index (χ0) is 30.5. The summed E-state index contributed by atoms with van der Waals surface area (Å²) in [5.74, 6) is 0. The molecule has 1 spiro atoms. The first kappa shape index (κ1) is 27.2. The topological polar surface area (TPSA) is 3.24 Å². The Morgan fingerprint density at radius 1 is 0.391 bits per heavy atom. The maximum atomic E-state index is 2.53. The van der Waals surface area contributed by atoms with E-state index in [4.69, 9.17) is 0 Å². The predicted octanol–water partition coefficient (Wildman–Crippen LogP) is 8.57. The Bertz CT molecular complexity index is 2110. The molecular formula is C43H31NSSi. The van der Waals surface area contributed by atoms with Crippen LogP contribution >= 0.6 is 11.8 Å². The molecule has 0 saturated carbocycles. The van der Waals surface area contributed by atoms with Crippen LogP contribution < -0.4 is 20.5 Å². The van der Waals surface area contributed by atoms with Gasteiger partial charge >= 0.3 is 0 Å². The molecule has 0 bridgehead atoms. The molecule has 0 aliphatic carbocycles. The summed E-state index contributed by atoms with van der Waals surface area (Å²) in [7, 11) is -1.83. The number of hydrogen-bond acceptors (Lipinski definition) is 2. The van der Waals surface area contributed by atoms with Crippen molar-refractivity contribution in [1.82, 2.24) is 0 Å². The quantitative estimate of drug-likeness (QED) is 0.181. The Morgan fingerprint density at radius 3 is 1.48 bits per heavy atom. The Morgan fingerprint density at radius 2 is 0.870 bits per heavy atom. The summed E-state index contributed by atoms with van der Waals surface area (Å²) in [6.07, 6.45) is 0. The fourth-order valence-corrected chi connectivity index (χ4v) is 12.5. The summed E-state index contributed by atoms with van der Waals surface area (Å²) >= 11 is 1.90. The van der Waals surface area contributed by atoms with Crippen LogP contribution in [0.5, 0.6) is 0 Å². The minimum Gasteiger partial charge on any atom is -0.310 e. The van der Waals surface area contributed by atoms with Gasteiger partial charge in [0, 0.05) is 26.9 Å². The minimum absolute atomic E-state index is 0.447. The van der Waals surface area contributed by atoms with Gasteiger partial charge in [-0.3, -0.25) is 0 Å². The fourth-order valence-electron chi connectivity index (χ4n) is 7.84. The van der Waals surface area contributed by atoms with Crippen molar-refractivity contribution in [2.75, 3.05) is 4.90 Å². The molecule has 2 aliphatic rings. The van der Waals surface area contributed by atoms with E-state index in [9.17, 15) is 0 Å². The predicted molar refractivity (Wildman–Crippen MR) is 196 cm³/mol. The highest BCUT2D eigenvalue weighted by atomic mass is 32.2. The number of fused-ring (bicyclic) bond motifs is 8. The summed E-state index contributed by atoms with van der Waals surface area (Å²) in [4.78, 5) is 5.06. The first-order valence-corrected chi connectivity index (χ1v) is 18.4. The van der Waals surface area contributed by atoms with Crippen molar-refractivity contribution in [3.8, 4) is 0 Å². The zero-order valence-corrected chi connectivity index (χ0v) is 27.2. The van der Waals surface area contributed by atoms with Crippen LogP contribution in [0.3, 0.4) is 0 Å². The fraction of sp³-hybridized carbons (Fsp3) is 0.0233. The third-order valence-electron chi connectivity index (χ3n) is 9.65. The lowest BCUT2D eigenvalue weighted by atomic mass is 9.64. The van der Waals surface area contributed by atoms with E-state index >= 15 is 0 Å². The third-order valence-corrected chi connectivity index (χ3v) is 14.1. The number of benzene rings is 7. The second-order valence-corrected chi connectivity index (χ2v) is 15.9. The van der Waals surface area contributed by atoms with E-state index in [-0.39, 0.29) is 0 Å². The van der Waals surface area contributed by atoms with Crippen LogP contribution in [0.4, 0.5) is 17.1 Å². The van der Waals surface area contributed by atoms with Crippen molar-refractivity contribution in [3.05, 3.63) is 204 Å². The smallest absolute Gasteiger partial charge is 0.133 e. The van der Waals surface area contributed by atoms with Gasteiger partial charge in [-0.2, -0.15) is 0 Å². The number of para-hydroxylation sites is 2. The molecule has 0 amide bonds. The maximum Gasteiger partial charge on any atom is 0.133 e. The van der Waals surface area contributed by atoms with Gasteiger partial charge in [-0.15, -0.1) is 0 Å². The zero-order valence-electron chi connectivity index (χ0n) is 25.3. The standard InChI is InChI=1S/C43H31NSSi/c1-4-16-31(17-5-1)44(32-18-6-2-7-19-32)33-28-29-42-38(30-33)43(35-22-10-13-25-39(35)45-40-26-14-11-23-36(40)43)37-24-12-15-27-41(37)46(42)34-20-8-3-9-21-34/h1-30,46H. The minimum atomic E-state index is -1.83. The van der Waals surface area contributed by atoms with E-state index in [0.717, 1.165) is 11.4 Å². The Balaban J connectivity index is 1.42. The molecule has 7 aromatic rings. The van der Waals surface area contributed by atoms with Gasteiger partial charge in [0.1, 0.15) is 8.80 Å². The van der Waals surface area contributed by atoms with E-state index in [1.807, 2.05) is 11.8 Å². The van der Waals surface area contributed by atoms with Gasteiger partial charge in [0.2, 0.25) is 0 Å². The Labute approximate surface area is 276 Å². The normalized spacial score (nSPS) is 15.3.